The van der Waals surface area contributed by atoms with Crippen LogP contribution in [0.15, 0.2) is 12.1 Å². The molecule has 0 aliphatic heterocycles. The van der Waals surface area contributed by atoms with E-state index >= 15 is 0 Å². The first-order valence-electron chi connectivity index (χ1n) is 5.68. The summed E-state index contributed by atoms with van der Waals surface area (Å²) in [5, 5.41) is -2.25. The normalized spacial score (nSPS) is 12.4. The van der Waals surface area contributed by atoms with Gasteiger partial charge in [-0.2, -0.15) is 8.42 Å². The number of esters is 2. The van der Waals surface area contributed by atoms with Gasteiger partial charge in [0, 0.05) is 30.5 Å². The van der Waals surface area contributed by atoms with Gasteiger partial charge in [-0.3, -0.25) is 14.1 Å². The zero-order valence-electron chi connectivity index (χ0n) is 11.4. The number of aldehydes is 1. The highest BCUT2D eigenvalue weighted by Crippen LogP contribution is 2.38. The number of ether oxygens (including phenoxy) is 2. The minimum Gasteiger partial charge on any atom is -0.423 e. The Morgan fingerprint density at radius 1 is 1.18 bits per heavy atom. The van der Waals surface area contributed by atoms with E-state index in [9.17, 15) is 22.8 Å². The highest BCUT2D eigenvalue weighted by Gasteiger charge is 2.29. The predicted molar refractivity (Wildman–Crippen MR) is 74.4 cm³/mol. The molecule has 0 radical (unpaired) electrons. The van der Waals surface area contributed by atoms with Crippen molar-refractivity contribution in [2.45, 2.75) is 19.1 Å². The van der Waals surface area contributed by atoms with Crippen LogP contribution in [0.2, 0.25) is 5.02 Å². The molecule has 1 aromatic carbocycles. The summed E-state index contributed by atoms with van der Waals surface area (Å²) in [5.41, 5.74) is -0.327. The van der Waals surface area contributed by atoms with Crippen LogP contribution in [0.4, 0.5) is 0 Å². The maximum Gasteiger partial charge on any atom is 0.308 e. The van der Waals surface area contributed by atoms with Gasteiger partial charge in [0.25, 0.3) is 10.1 Å². The highest BCUT2D eigenvalue weighted by molar-refractivity contribution is 7.86. The Labute approximate surface area is 130 Å². The molecule has 0 saturated heterocycles. The van der Waals surface area contributed by atoms with Gasteiger partial charge in [-0.1, -0.05) is 11.6 Å². The van der Waals surface area contributed by atoms with Crippen LogP contribution in [0.5, 0.6) is 11.5 Å². The molecule has 0 saturated carbocycles. The fourth-order valence-electron chi connectivity index (χ4n) is 1.54. The summed E-state index contributed by atoms with van der Waals surface area (Å²) in [6.07, 6.45) is -0.0421. The summed E-state index contributed by atoms with van der Waals surface area (Å²) in [6, 6.07) is 1.92. The summed E-state index contributed by atoms with van der Waals surface area (Å²) >= 11 is 5.83. The maximum atomic E-state index is 11.2. The van der Waals surface area contributed by atoms with Crippen LogP contribution in [-0.4, -0.2) is 31.2 Å². The standard InChI is InChI=1S/C12H11ClO8S/c1-6(15)20-10-3-8(12(5-14)22(17,18)19)9(13)4-11(10)21-7(2)16/h3-5,12H,1-2H3,(H,17,18,19). The third-order valence-corrected chi connectivity index (χ3v) is 3.66. The molecule has 0 aromatic heterocycles. The third-order valence-electron chi connectivity index (χ3n) is 2.32. The van der Waals surface area contributed by atoms with Crippen LogP contribution < -0.4 is 9.47 Å². The van der Waals surface area contributed by atoms with Crippen LogP contribution >= 0.6 is 11.6 Å². The molecule has 120 valence electrons. The van der Waals surface area contributed by atoms with Crippen molar-refractivity contribution < 1.29 is 36.8 Å². The number of halogens is 1. The Kier molecular flexibility index (Phi) is 5.64. The number of carbonyl (C=O) groups excluding carboxylic acids is 3. The largest absolute Gasteiger partial charge is 0.423 e. The number of benzene rings is 1. The zero-order chi connectivity index (χ0) is 17.1. The van der Waals surface area contributed by atoms with Crippen molar-refractivity contribution in [2.75, 3.05) is 0 Å². The Morgan fingerprint density at radius 2 is 1.64 bits per heavy atom. The second-order valence-corrected chi connectivity index (χ2v) is 6.02. The number of carbonyl (C=O) groups is 3. The van der Waals surface area contributed by atoms with E-state index in [1.165, 1.54) is 0 Å². The molecule has 1 atom stereocenters. The molecule has 1 unspecified atom stereocenters. The summed E-state index contributed by atoms with van der Waals surface area (Å²) in [5.74, 6) is -2.08. The third kappa shape index (κ3) is 4.52. The molecule has 0 bridgehead atoms. The second kappa shape index (κ2) is 6.86. The molecule has 1 aromatic rings. The van der Waals surface area contributed by atoms with E-state index in [0.717, 1.165) is 26.0 Å². The van der Waals surface area contributed by atoms with Crippen molar-refractivity contribution in [1.29, 1.82) is 0 Å². The average molecular weight is 351 g/mol. The van der Waals surface area contributed by atoms with Gasteiger partial charge in [-0.15, -0.1) is 0 Å². The molecule has 0 aliphatic carbocycles. The smallest absolute Gasteiger partial charge is 0.308 e. The molecule has 1 rings (SSSR count). The fourth-order valence-corrected chi connectivity index (χ4v) is 2.53. The van der Waals surface area contributed by atoms with Crippen molar-refractivity contribution in [3.63, 3.8) is 0 Å². The van der Waals surface area contributed by atoms with Gasteiger partial charge >= 0.3 is 11.9 Å². The Morgan fingerprint density at radius 3 is 2.00 bits per heavy atom. The summed E-state index contributed by atoms with van der Waals surface area (Å²) in [6.45, 7) is 2.15. The second-order valence-electron chi connectivity index (χ2n) is 4.08. The molecule has 0 heterocycles. The topological polar surface area (TPSA) is 124 Å². The molecule has 8 nitrogen and oxygen atoms in total. The minimum absolute atomic E-state index is 0.0421. The lowest BCUT2D eigenvalue weighted by Crippen LogP contribution is -2.15. The van der Waals surface area contributed by atoms with Crippen molar-refractivity contribution in [3.05, 3.63) is 22.7 Å². The molecule has 1 N–H and O–H groups in total. The van der Waals surface area contributed by atoms with E-state index in [0.29, 0.717) is 0 Å². The Balaban J connectivity index is 3.52. The first kappa shape index (κ1) is 18.1. The monoisotopic (exact) mass is 350 g/mol. The van der Waals surface area contributed by atoms with Crippen molar-refractivity contribution in [1.82, 2.24) is 0 Å². The quantitative estimate of drug-likeness (QED) is 0.365. The van der Waals surface area contributed by atoms with Gasteiger partial charge in [0.15, 0.2) is 16.7 Å². The fraction of sp³-hybridized carbons (Fsp3) is 0.250. The highest BCUT2D eigenvalue weighted by atomic mass is 35.5. The van der Waals surface area contributed by atoms with E-state index in [1.54, 1.807) is 0 Å². The van der Waals surface area contributed by atoms with Crippen molar-refractivity contribution in [2.24, 2.45) is 0 Å². The van der Waals surface area contributed by atoms with Crippen LogP contribution in [0, 0.1) is 0 Å². The van der Waals surface area contributed by atoms with Crippen LogP contribution in [0.1, 0.15) is 24.7 Å². The molecule has 22 heavy (non-hydrogen) atoms. The van der Waals surface area contributed by atoms with Gasteiger partial charge in [-0.25, -0.2) is 0 Å². The molecule has 0 spiro atoms. The van der Waals surface area contributed by atoms with Gasteiger partial charge < -0.3 is 14.3 Å². The van der Waals surface area contributed by atoms with Gasteiger partial charge in [0.1, 0.15) is 6.29 Å². The lowest BCUT2D eigenvalue weighted by Gasteiger charge is -2.14. The number of hydrogen-bond donors (Lipinski definition) is 1. The minimum atomic E-state index is -4.77. The van der Waals surface area contributed by atoms with Gasteiger partial charge in [0.2, 0.25) is 0 Å². The average Bonchev–Trinajstić information content (AvgIpc) is 2.32. The molecule has 0 amide bonds. The number of hydrogen-bond acceptors (Lipinski definition) is 7. The SMILES string of the molecule is CC(=O)Oc1cc(Cl)c(C(C=O)S(=O)(=O)O)cc1OC(C)=O. The van der Waals surface area contributed by atoms with Gasteiger partial charge in [-0.05, 0) is 6.07 Å². The lowest BCUT2D eigenvalue weighted by atomic mass is 10.1. The van der Waals surface area contributed by atoms with Crippen LogP contribution in [-0.2, 0) is 24.5 Å². The van der Waals surface area contributed by atoms with E-state index in [-0.39, 0.29) is 28.4 Å². The molecule has 10 heteroatoms. The molecule has 0 fully saturated rings. The Bertz CT molecular complexity index is 725. The van der Waals surface area contributed by atoms with E-state index < -0.39 is 27.3 Å². The lowest BCUT2D eigenvalue weighted by molar-refractivity contribution is -0.134. The van der Waals surface area contributed by atoms with Crippen molar-refractivity contribution in [3.8, 4) is 11.5 Å². The summed E-state index contributed by atoms with van der Waals surface area (Å²) in [7, 11) is -4.77. The molecular weight excluding hydrogens is 340 g/mol. The summed E-state index contributed by atoms with van der Waals surface area (Å²) in [4.78, 5) is 33.0. The maximum absolute atomic E-state index is 11.2. The summed E-state index contributed by atoms with van der Waals surface area (Å²) < 4.78 is 41.0. The van der Waals surface area contributed by atoms with Gasteiger partial charge in [0.05, 0.1) is 0 Å². The van der Waals surface area contributed by atoms with E-state index in [1.807, 2.05) is 0 Å². The number of rotatable bonds is 5. The first-order chi connectivity index (χ1) is 10.1. The predicted octanol–water partition coefficient (Wildman–Crippen LogP) is 1.32. The molecule has 0 aliphatic rings. The van der Waals surface area contributed by atoms with E-state index in [2.05, 4.69) is 0 Å². The van der Waals surface area contributed by atoms with Crippen LogP contribution in [0.25, 0.3) is 0 Å². The zero-order valence-corrected chi connectivity index (χ0v) is 13.0. The van der Waals surface area contributed by atoms with Crippen LogP contribution in [0.3, 0.4) is 0 Å². The Hall–Kier alpha value is -1.97. The molecular formula is C12H11ClO8S. The first-order valence-corrected chi connectivity index (χ1v) is 7.56. The van der Waals surface area contributed by atoms with Crippen molar-refractivity contribution >= 4 is 39.9 Å². The van der Waals surface area contributed by atoms with E-state index in [4.69, 9.17) is 25.6 Å².